The maximum absolute atomic E-state index is 13.6. The lowest BCUT2D eigenvalue weighted by atomic mass is 9.96. The summed E-state index contributed by atoms with van der Waals surface area (Å²) in [5.74, 6) is -2.24. The molecule has 200 valence electrons. The highest BCUT2D eigenvalue weighted by Gasteiger charge is 2.49. The van der Waals surface area contributed by atoms with Crippen LogP contribution >= 0.6 is 11.3 Å². The van der Waals surface area contributed by atoms with E-state index >= 15 is 0 Å². The van der Waals surface area contributed by atoms with Crippen molar-refractivity contribution in [1.82, 2.24) is 14.4 Å². The van der Waals surface area contributed by atoms with Gasteiger partial charge in [0.1, 0.15) is 22.0 Å². The van der Waals surface area contributed by atoms with Crippen LogP contribution in [0.3, 0.4) is 0 Å². The third-order valence-electron chi connectivity index (χ3n) is 6.61. The van der Waals surface area contributed by atoms with E-state index in [4.69, 9.17) is 9.47 Å². The molecule has 1 atom stereocenters. The molecule has 5 rings (SSSR count). The molecule has 1 aliphatic rings. The standard InChI is InChI=1S/C28H26N4O6S/c1-6-38-27(36)24-15(3)29-28(39-24)32-21(17-10-7-11-18(13-17)37-5)19(23(34)26(32)35)22(33)20-16(4)31-12-8-9-14(2)25(31)30-20/h7-13,21,33H,6H2,1-5H3. The zero-order valence-electron chi connectivity index (χ0n) is 22.0. The number of anilines is 1. The van der Waals surface area contributed by atoms with Gasteiger partial charge in [0.05, 0.1) is 36.7 Å². The van der Waals surface area contributed by atoms with Crippen LogP contribution in [0, 0.1) is 20.8 Å². The van der Waals surface area contributed by atoms with Crippen LogP contribution in [-0.2, 0) is 14.3 Å². The first-order valence-electron chi connectivity index (χ1n) is 12.2. The van der Waals surface area contributed by atoms with E-state index in [-0.39, 0.29) is 27.9 Å². The number of methoxy groups -OCH3 is 1. The van der Waals surface area contributed by atoms with Crippen molar-refractivity contribution in [2.45, 2.75) is 33.7 Å². The number of carbonyl (C=O) groups excluding carboxylic acids is 3. The van der Waals surface area contributed by atoms with E-state index in [9.17, 15) is 19.5 Å². The van der Waals surface area contributed by atoms with E-state index in [2.05, 4.69) is 9.97 Å². The van der Waals surface area contributed by atoms with Gasteiger partial charge in [-0.25, -0.2) is 14.8 Å². The predicted octanol–water partition coefficient (Wildman–Crippen LogP) is 4.53. The first-order valence-corrected chi connectivity index (χ1v) is 13.0. The van der Waals surface area contributed by atoms with Gasteiger partial charge >= 0.3 is 11.9 Å². The molecule has 4 aromatic rings. The first kappa shape index (κ1) is 26.1. The van der Waals surface area contributed by atoms with Crippen molar-refractivity contribution in [3.05, 3.63) is 81.3 Å². The molecule has 1 aromatic carbocycles. The highest BCUT2D eigenvalue weighted by atomic mass is 32.1. The summed E-state index contributed by atoms with van der Waals surface area (Å²) in [7, 11) is 1.51. The van der Waals surface area contributed by atoms with Crippen LogP contribution in [0.15, 0.2) is 48.2 Å². The molecule has 0 spiro atoms. The molecule has 1 amide bonds. The SMILES string of the molecule is CCOC(=O)c1sc(N2C(=O)C(=O)C(=C(O)c3nc4c(C)cccn4c3C)C2c2cccc(OC)c2)nc1C. The average molecular weight is 547 g/mol. The molecule has 1 unspecified atom stereocenters. The minimum absolute atomic E-state index is 0.132. The molecule has 11 heteroatoms. The van der Waals surface area contributed by atoms with E-state index in [1.807, 2.05) is 29.7 Å². The van der Waals surface area contributed by atoms with Crippen LogP contribution in [0.1, 0.15) is 50.8 Å². The molecule has 1 saturated heterocycles. The number of benzene rings is 1. The monoisotopic (exact) mass is 546 g/mol. The number of aryl methyl sites for hydroxylation is 3. The Morgan fingerprint density at radius 3 is 2.59 bits per heavy atom. The molecule has 4 heterocycles. The van der Waals surface area contributed by atoms with Crippen molar-refractivity contribution < 1.29 is 29.0 Å². The number of nitrogens with zero attached hydrogens (tertiary/aromatic N) is 4. The molecule has 3 aromatic heterocycles. The number of fused-ring (bicyclic) bond motifs is 1. The zero-order valence-corrected chi connectivity index (χ0v) is 22.8. The zero-order chi connectivity index (χ0) is 28.0. The number of hydrogen-bond acceptors (Lipinski definition) is 9. The number of aliphatic hydroxyl groups excluding tert-OH is 1. The number of aromatic nitrogens is 3. The first-order chi connectivity index (χ1) is 18.7. The van der Waals surface area contributed by atoms with Gasteiger partial charge in [-0.05, 0) is 57.0 Å². The number of amides is 1. The molecular formula is C28H26N4O6S. The van der Waals surface area contributed by atoms with E-state index in [0.29, 0.717) is 28.3 Å². The predicted molar refractivity (Wildman–Crippen MR) is 145 cm³/mol. The van der Waals surface area contributed by atoms with Gasteiger partial charge in [-0.15, -0.1) is 0 Å². The number of Topliss-reactive ketones (excluding diaryl/α,β-unsaturated/α-hetero) is 1. The van der Waals surface area contributed by atoms with Crippen molar-refractivity contribution in [3.63, 3.8) is 0 Å². The highest BCUT2D eigenvalue weighted by Crippen LogP contribution is 2.44. The Hall–Kier alpha value is -4.51. The minimum atomic E-state index is -1.05. The Bertz CT molecular complexity index is 1680. The Morgan fingerprint density at radius 2 is 1.90 bits per heavy atom. The second kappa shape index (κ2) is 9.99. The van der Waals surface area contributed by atoms with E-state index in [0.717, 1.165) is 16.9 Å². The van der Waals surface area contributed by atoms with Crippen molar-refractivity contribution in [2.24, 2.45) is 0 Å². The van der Waals surface area contributed by atoms with Crippen LogP contribution in [-0.4, -0.2) is 50.9 Å². The van der Waals surface area contributed by atoms with Crippen LogP contribution < -0.4 is 9.64 Å². The molecular weight excluding hydrogens is 520 g/mol. The Labute approximate surface area is 228 Å². The van der Waals surface area contributed by atoms with Crippen LogP contribution in [0.25, 0.3) is 11.4 Å². The van der Waals surface area contributed by atoms with E-state index in [1.54, 1.807) is 45.0 Å². The Morgan fingerprint density at radius 1 is 1.13 bits per heavy atom. The third-order valence-corrected chi connectivity index (χ3v) is 7.75. The number of thiazole rings is 1. The summed E-state index contributed by atoms with van der Waals surface area (Å²) in [5.41, 5.74) is 3.05. The molecule has 1 fully saturated rings. The molecule has 1 aliphatic heterocycles. The smallest absolute Gasteiger partial charge is 0.350 e. The van der Waals surface area contributed by atoms with E-state index < -0.39 is 29.5 Å². The van der Waals surface area contributed by atoms with Gasteiger partial charge in [-0.3, -0.25) is 14.5 Å². The van der Waals surface area contributed by atoms with Crippen LogP contribution in [0.4, 0.5) is 5.13 Å². The van der Waals surface area contributed by atoms with E-state index in [1.165, 1.54) is 12.0 Å². The average Bonchev–Trinajstić information content (AvgIpc) is 3.56. The summed E-state index contributed by atoms with van der Waals surface area (Å²) in [6.45, 7) is 7.18. The largest absolute Gasteiger partial charge is 0.505 e. The lowest BCUT2D eigenvalue weighted by Gasteiger charge is -2.23. The number of imidazole rings is 1. The summed E-state index contributed by atoms with van der Waals surface area (Å²) in [6, 6.07) is 9.58. The normalized spacial score (nSPS) is 16.7. The Kier molecular flexibility index (Phi) is 6.69. The second-order valence-corrected chi connectivity index (χ2v) is 9.99. The number of esters is 1. The molecule has 1 N–H and O–H groups in total. The number of hydrogen-bond donors (Lipinski definition) is 1. The van der Waals surface area contributed by atoms with Gasteiger partial charge in [-0.2, -0.15) is 0 Å². The highest BCUT2D eigenvalue weighted by molar-refractivity contribution is 7.17. The lowest BCUT2D eigenvalue weighted by molar-refractivity contribution is -0.132. The molecule has 0 radical (unpaired) electrons. The maximum atomic E-state index is 13.6. The number of pyridine rings is 1. The van der Waals surface area contributed by atoms with Gasteiger partial charge in [0, 0.05) is 6.20 Å². The summed E-state index contributed by atoms with van der Waals surface area (Å²) in [6.07, 6.45) is 1.81. The summed E-state index contributed by atoms with van der Waals surface area (Å²) in [4.78, 5) is 50.1. The fourth-order valence-corrected chi connectivity index (χ4v) is 5.69. The van der Waals surface area contributed by atoms with Gasteiger partial charge in [0.2, 0.25) is 0 Å². The number of ketones is 1. The summed E-state index contributed by atoms with van der Waals surface area (Å²) in [5, 5.41) is 11.7. The molecule has 10 nitrogen and oxygen atoms in total. The summed E-state index contributed by atoms with van der Waals surface area (Å²) < 4.78 is 12.3. The minimum Gasteiger partial charge on any atom is -0.505 e. The van der Waals surface area contributed by atoms with Crippen molar-refractivity contribution in [1.29, 1.82) is 0 Å². The molecule has 0 aliphatic carbocycles. The topological polar surface area (TPSA) is 123 Å². The number of aliphatic hydroxyl groups is 1. The molecule has 0 saturated carbocycles. The van der Waals surface area contributed by atoms with Crippen LogP contribution in [0.5, 0.6) is 5.75 Å². The quantitative estimate of drug-likeness (QED) is 0.162. The van der Waals surface area contributed by atoms with Gasteiger partial charge in [0.15, 0.2) is 10.9 Å². The number of carbonyl (C=O) groups is 3. The lowest BCUT2D eigenvalue weighted by Crippen LogP contribution is -2.29. The van der Waals surface area contributed by atoms with Crippen molar-refractivity contribution >= 4 is 45.5 Å². The molecule has 39 heavy (non-hydrogen) atoms. The number of ether oxygens (including phenoxy) is 2. The number of rotatable bonds is 6. The van der Waals surface area contributed by atoms with Gasteiger partial charge < -0.3 is 19.0 Å². The van der Waals surface area contributed by atoms with Crippen molar-refractivity contribution in [3.8, 4) is 5.75 Å². The van der Waals surface area contributed by atoms with Gasteiger partial charge in [0.25, 0.3) is 5.78 Å². The Balaban J connectivity index is 1.74. The van der Waals surface area contributed by atoms with Gasteiger partial charge in [-0.1, -0.05) is 29.5 Å². The molecule has 0 bridgehead atoms. The fraction of sp³-hybridized carbons (Fsp3) is 0.250. The van der Waals surface area contributed by atoms with Crippen molar-refractivity contribution in [2.75, 3.05) is 18.6 Å². The summed E-state index contributed by atoms with van der Waals surface area (Å²) >= 11 is 0.949. The maximum Gasteiger partial charge on any atom is 0.350 e. The fourth-order valence-electron chi connectivity index (χ4n) is 4.70. The van der Waals surface area contributed by atoms with Crippen LogP contribution in [0.2, 0.25) is 0 Å². The third kappa shape index (κ3) is 4.24. The second-order valence-electron chi connectivity index (χ2n) is 9.01.